The minimum Gasteiger partial charge on any atom is -0.487 e. The number of amides is 1. The van der Waals surface area contributed by atoms with Crippen molar-refractivity contribution in [1.29, 1.82) is 0 Å². The van der Waals surface area contributed by atoms with E-state index in [-0.39, 0.29) is 23.0 Å². The van der Waals surface area contributed by atoms with Crippen molar-refractivity contribution in [2.45, 2.75) is 36.3 Å². The maximum Gasteiger partial charge on any atom is 0.247 e. The first-order chi connectivity index (χ1) is 14.5. The highest BCUT2D eigenvalue weighted by Gasteiger charge is 2.43. The van der Waals surface area contributed by atoms with E-state index in [1.165, 1.54) is 4.31 Å². The number of hydrogen-bond donors (Lipinski definition) is 0. The van der Waals surface area contributed by atoms with E-state index in [1.54, 1.807) is 29.2 Å². The van der Waals surface area contributed by atoms with Gasteiger partial charge >= 0.3 is 0 Å². The summed E-state index contributed by atoms with van der Waals surface area (Å²) in [7, 11) is -3.22. The van der Waals surface area contributed by atoms with Gasteiger partial charge in [-0.05, 0) is 32.6 Å². The number of carbonyl (C=O) groups is 1. The minimum atomic E-state index is -3.77. The molecule has 1 aromatic carbocycles. The molecule has 0 unspecified atom stereocenters. The Morgan fingerprint density at radius 2 is 1.87 bits per heavy atom. The van der Waals surface area contributed by atoms with Crippen molar-refractivity contribution in [3.8, 4) is 5.75 Å². The zero-order chi connectivity index (χ0) is 22.8. The van der Waals surface area contributed by atoms with Crippen LogP contribution < -0.4 is 4.74 Å². The van der Waals surface area contributed by atoms with E-state index in [1.807, 2.05) is 19.0 Å². The Bertz CT molecular complexity index is 1010. The fourth-order valence-electron chi connectivity index (χ4n) is 4.02. The molecule has 0 bridgehead atoms. The summed E-state index contributed by atoms with van der Waals surface area (Å²) in [5.41, 5.74) is 0. The third kappa shape index (κ3) is 5.76. The molecular formula is C20H31N3O6S2. The highest BCUT2D eigenvalue weighted by Crippen LogP contribution is 2.36. The number of rotatable bonds is 6. The van der Waals surface area contributed by atoms with Gasteiger partial charge in [0.15, 0.2) is 0 Å². The van der Waals surface area contributed by atoms with Crippen LogP contribution in [0.25, 0.3) is 0 Å². The molecule has 9 nitrogen and oxygen atoms in total. The molecule has 31 heavy (non-hydrogen) atoms. The topological polar surface area (TPSA) is 104 Å². The lowest BCUT2D eigenvalue weighted by Gasteiger charge is -2.32. The molecule has 0 saturated carbocycles. The highest BCUT2D eigenvalue weighted by atomic mass is 32.2. The number of sulfonamides is 1. The summed E-state index contributed by atoms with van der Waals surface area (Å²) in [6.45, 7) is 1.63. The Hall–Kier alpha value is -1.69. The van der Waals surface area contributed by atoms with Crippen molar-refractivity contribution < 1.29 is 26.4 Å². The van der Waals surface area contributed by atoms with Crippen LogP contribution in [0, 0.1) is 0 Å². The summed E-state index contributed by atoms with van der Waals surface area (Å²) in [4.78, 5) is 16.3. The van der Waals surface area contributed by atoms with E-state index in [2.05, 4.69) is 0 Å². The molecule has 2 heterocycles. The summed E-state index contributed by atoms with van der Waals surface area (Å²) >= 11 is 0. The first-order valence-corrected chi connectivity index (χ1v) is 13.9. The molecule has 1 saturated heterocycles. The van der Waals surface area contributed by atoms with Crippen LogP contribution >= 0.6 is 0 Å². The number of ether oxygens (including phenoxy) is 1. The zero-order valence-electron chi connectivity index (χ0n) is 18.2. The first kappa shape index (κ1) is 24.0. The molecule has 2 atom stereocenters. The van der Waals surface area contributed by atoms with Gasteiger partial charge in [-0.25, -0.2) is 16.8 Å². The van der Waals surface area contributed by atoms with Crippen LogP contribution in [0.5, 0.6) is 5.75 Å². The summed E-state index contributed by atoms with van der Waals surface area (Å²) in [6, 6.07) is 6.26. The number of para-hydroxylation sites is 1. The summed E-state index contributed by atoms with van der Waals surface area (Å²) in [5.74, 6) is -0.0886. The smallest absolute Gasteiger partial charge is 0.247 e. The van der Waals surface area contributed by atoms with Crippen LogP contribution in [0.2, 0.25) is 0 Å². The second kappa shape index (κ2) is 9.43. The molecule has 0 aromatic heterocycles. The van der Waals surface area contributed by atoms with E-state index in [9.17, 15) is 21.6 Å². The second-order valence-electron chi connectivity index (χ2n) is 8.43. The van der Waals surface area contributed by atoms with Crippen LogP contribution in [0.1, 0.15) is 19.3 Å². The van der Waals surface area contributed by atoms with Gasteiger partial charge in [-0.15, -0.1) is 0 Å². The lowest BCUT2D eigenvalue weighted by atomic mass is 10.1. The Kier molecular flexibility index (Phi) is 7.29. The van der Waals surface area contributed by atoms with E-state index in [4.69, 9.17) is 4.74 Å². The van der Waals surface area contributed by atoms with Gasteiger partial charge in [-0.1, -0.05) is 12.1 Å². The highest BCUT2D eigenvalue weighted by molar-refractivity contribution is 7.90. The molecule has 0 N–H and O–H groups in total. The maximum atomic E-state index is 13.5. The summed E-state index contributed by atoms with van der Waals surface area (Å²) in [6.07, 6.45) is 1.54. The van der Waals surface area contributed by atoms with E-state index in [0.29, 0.717) is 44.8 Å². The third-order valence-electron chi connectivity index (χ3n) is 5.70. The number of nitrogens with zero attached hydrogens (tertiary/aromatic N) is 3. The van der Waals surface area contributed by atoms with Crippen LogP contribution in [0.4, 0.5) is 0 Å². The molecule has 1 fully saturated rings. The van der Waals surface area contributed by atoms with Gasteiger partial charge in [-0.2, -0.15) is 4.31 Å². The Morgan fingerprint density at radius 1 is 1.19 bits per heavy atom. The van der Waals surface area contributed by atoms with Gasteiger partial charge in [0, 0.05) is 45.3 Å². The van der Waals surface area contributed by atoms with Crippen molar-refractivity contribution >= 4 is 25.8 Å². The number of benzene rings is 1. The Balaban J connectivity index is 1.87. The molecule has 1 amide bonds. The zero-order valence-corrected chi connectivity index (χ0v) is 19.9. The van der Waals surface area contributed by atoms with E-state index < -0.39 is 32.0 Å². The molecule has 11 heteroatoms. The molecule has 2 aliphatic rings. The SMILES string of the molecule is CN(C)CCN1[C@H]2CCN(C(=O)CCS(C)(=O)=O)CC[C@@H]2Oc2ccccc2S1(=O)=O. The first-order valence-electron chi connectivity index (χ1n) is 10.4. The normalized spacial score (nSPS) is 23.9. The summed E-state index contributed by atoms with van der Waals surface area (Å²) in [5, 5.41) is 0. The molecule has 3 rings (SSSR count). The van der Waals surface area contributed by atoms with Crippen molar-refractivity contribution in [3.05, 3.63) is 24.3 Å². The minimum absolute atomic E-state index is 0.0689. The van der Waals surface area contributed by atoms with Crippen LogP contribution in [0.15, 0.2) is 29.2 Å². The van der Waals surface area contributed by atoms with Gasteiger partial charge in [0.05, 0.1) is 11.8 Å². The van der Waals surface area contributed by atoms with Crippen molar-refractivity contribution in [2.24, 2.45) is 0 Å². The number of likely N-dealkylation sites (N-methyl/N-ethyl adjacent to an activating group) is 1. The van der Waals surface area contributed by atoms with Gasteiger partial charge in [0.2, 0.25) is 15.9 Å². The Morgan fingerprint density at radius 3 is 2.55 bits per heavy atom. The average molecular weight is 474 g/mol. The van der Waals surface area contributed by atoms with Crippen LogP contribution in [0.3, 0.4) is 0 Å². The number of likely N-dealkylation sites (tertiary alicyclic amines) is 1. The second-order valence-corrected chi connectivity index (χ2v) is 12.5. The fourth-order valence-corrected chi connectivity index (χ4v) is 6.36. The lowest BCUT2D eigenvalue weighted by Crippen LogP contribution is -2.49. The molecule has 0 spiro atoms. The molecular weight excluding hydrogens is 442 g/mol. The third-order valence-corrected chi connectivity index (χ3v) is 8.61. The largest absolute Gasteiger partial charge is 0.487 e. The number of hydrogen-bond acceptors (Lipinski definition) is 7. The number of fused-ring (bicyclic) bond motifs is 2. The van der Waals surface area contributed by atoms with Gasteiger partial charge < -0.3 is 14.5 Å². The lowest BCUT2D eigenvalue weighted by molar-refractivity contribution is -0.130. The predicted molar refractivity (Wildman–Crippen MR) is 117 cm³/mol. The van der Waals surface area contributed by atoms with Crippen molar-refractivity contribution in [2.75, 3.05) is 52.3 Å². The van der Waals surface area contributed by atoms with Gasteiger partial charge in [0.25, 0.3) is 0 Å². The standard InChI is InChI=1S/C20H31N3O6S2/c1-21(2)13-14-23-16-8-11-22(20(24)10-15-30(3,25)26)12-9-17(16)29-18-6-4-5-7-19(18)31(23,27)28/h4-7,16-17H,8-15H2,1-3H3/t16-,17-/m0/s1. The van der Waals surface area contributed by atoms with Crippen molar-refractivity contribution in [1.82, 2.24) is 14.1 Å². The Labute approximate surface area is 184 Å². The molecule has 174 valence electrons. The van der Waals surface area contributed by atoms with Crippen LogP contribution in [-0.2, 0) is 24.7 Å². The fraction of sp³-hybridized carbons (Fsp3) is 0.650. The summed E-state index contributed by atoms with van der Waals surface area (Å²) < 4.78 is 57.6. The van der Waals surface area contributed by atoms with Gasteiger partial charge in [0.1, 0.15) is 26.6 Å². The van der Waals surface area contributed by atoms with Gasteiger partial charge in [-0.3, -0.25) is 4.79 Å². The average Bonchev–Trinajstić information content (AvgIpc) is 2.92. The van der Waals surface area contributed by atoms with E-state index >= 15 is 0 Å². The maximum absolute atomic E-state index is 13.5. The molecule has 1 aromatic rings. The predicted octanol–water partition coefficient (Wildman–Crippen LogP) is 0.426. The number of sulfone groups is 1. The van der Waals surface area contributed by atoms with E-state index in [0.717, 1.165) is 6.26 Å². The van der Waals surface area contributed by atoms with Crippen molar-refractivity contribution in [3.63, 3.8) is 0 Å². The quantitative estimate of drug-likeness (QED) is 0.590. The molecule has 0 aliphatic carbocycles. The molecule has 0 radical (unpaired) electrons. The molecule has 2 aliphatic heterocycles. The monoisotopic (exact) mass is 473 g/mol. The van der Waals surface area contributed by atoms with Crippen LogP contribution in [-0.4, -0.2) is 101 Å². The number of carbonyl (C=O) groups excluding carboxylic acids is 1.